The molecule has 0 bridgehead atoms. The third-order valence-corrected chi connectivity index (χ3v) is 7.84. The second kappa shape index (κ2) is 13.6. The molecule has 1 aliphatic heterocycles. The Morgan fingerprint density at radius 2 is 1.64 bits per heavy atom. The lowest BCUT2D eigenvalue weighted by atomic mass is 9.81. The Kier molecular flexibility index (Phi) is 9.98. The van der Waals surface area contributed by atoms with Crippen LogP contribution in [-0.2, 0) is 27.2 Å². The molecule has 0 aromatic heterocycles. The molecule has 2 atom stereocenters. The highest BCUT2D eigenvalue weighted by atomic mass is 35.5. The van der Waals surface area contributed by atoms with Gasteiger partial charge < -0.3 is 15.5 Å². The average Bonchev–Trinajstić information content (AvgIpc) is 2.94. The van der Waals surface area contributed by atoms with Crippen LogP contribution in [0.4, 0.5) is 10.5 Å². The molecule has 8 nitrogen and oxygen atoms in total. The second-order valence-electron chi connectivity index (χ2n) is 10.3. The van der Waals surface area contributed by atoms with Gasteiger partial charge in [0, 0.05) is 36.3 Å². The maximum atomic E-state index is 13.4. The highest BCUT2D eigenvalue weighted by molar-refractivity contribution is 6.30. The number of amides is 5. The van der Waals surface area contributed by atoms with E-state index in [4.69, 9.17) is 11.6 Å². The van der Waals surface area contributed by atoms with Crippen molar-refractivity contribution in [2.45, 2.75) is 64.3 Å². The first kappa shape index (κ1) is 28.6. The number of rotatable bonds is 11. The minimum Gasteiger partial charge on any atom is -0.356 e. The van der Waals surface area contributed by atoms with E-state index in [1.807, 2.05) is 48.5 Å². The van der Waals surface area contributed by atoms with Crippen molar-refractivity contribution in [1.82, 2.24) is 15.1 Å². The number of hydrogen-bond donors (Lipinski definition) is 2. The van der Waals surface area contributed by atoms with Gasteiger partial charge in [-0.3, -0.25) is 19.3 Å². The summed E-state index contributed by atoms with van der Waals surface area (Å²) in [6.45, 7) is 2.61. The van der Waals surface area contributed by atoms with Crippen LogP contribution in [-0.4, -0.2) is 59.2 Å². The Balaban J connectivity index is 1.30. The standard InChI is InChI=1S/C30H37ClN4O4/c1-2-21-11-15-24(16-12-21)33-28(37)20-35-26-7-4-3-6-25(26)29(38)34(30(35)39)19-5-8-27(36)32-18-17-22-9-13-23(31)14-10-22/h9-16,25-26H,2-8,17-20H2,1H3,(H,32,36)(H,33,37). The highest BCUT2D eigenvalue weighted by Crippen LogP contribution is 2.34. The van der Waals surface area contributed by atoms with Crippen molar-refractivity contribution in [3.8, 4) is 0 Å². The molecule has 2 unspecified atom stereocenters. The molecule has 2 N–H and O–H groups in total. The first-order chi connectivity index (χ1) is 18.9. The maximum absolute atomic E-state index is 13.4. The zero-order valence-electron chi connectivity index (χ0n) is 22.5. The van der Waals surface area contributed by atoms with Gasteiger partial charge in [-0.05, 0) is 67.5 Å². The summed E-state index contributed by atoms with van der Waals surface area (Å²) in [5.74, 6) is -0.894. The zero-order chi connectivity index (χ0) is 27.8. The van der Waals surface area contributed by atoms with Crippen LogP contribution in [0.15, 0.2) is 48.5 Å². The van der Waals surface area contributed by atoms with Crippen molar-refractivity contribution in [3.05, 3.63) is 64.7 Å². The van der Waals surface area contributed by atoms with E-state index >= 15 is 0 Å². The molecular formula is C30H37ClN4O4. The first-order valence-corrected chi connectivity index (χ1v) is 14.3. The molecule has 208 valence electrons. The SMILES string of the molecule is CCc1ccc(NC(=O)CN2C(=O)N(CCCC(=O)NCCc3ccc(Cl)cc3)C(=O)C3CCCCC32)cc1. The lowest BCUT2D eigenvalue weighted by Gasteiger charge is -2.46. The van der Waals surface area contributed by atoms with Crippen LogP contribution in [0.3, 0.4) is 0 Å². The Morgan fingerprint density at radius 1 is 0.949 bits per heavy atom. The summed E-state index contributed by atoms with van der Waals surface area (Å²) in [5, 5.41) is 6.44. The second-order valence-corrected chi connectivity index (χ2v) is 10.7. The summed E-state index contributed by atoms with van der Waals surface area (Å²) < 4.78 is 0. The number of urea groups is 1. The largest absolute Gasteiger partial charge is 0.356 e. The molecule has 0 spiro atoms. The zero-order valence-corrected chi connectivity index (χ0v) is 23.2. The van der Waals surface area contributed by atoms with Gasteiger partial charge in [0.1, 0.15) is 6.54 Å². The van der Waals surface area contributed by atoms with Gasteiger partial charge in [0.2, 0.25) is 17.7 Å². The molecule has 9 heteroatoms. The molecule has 39 heavy (non-hydrogen) atoms. The maximum Gasteiger partial charge on any atom is 0.327 e. The molecule has 0 radical (unpaired) electrons. The van der Waals surface area contributed by atoms with Gasteiger partial charge in [0.15, 0.2) is 0 Å². The van der Waals surface area contributed by atoms with Crippen molar-refractivity contribution in [2.75, 3.05) is 25.0 Å². The van der Waals surface area contributed by atoms with E-state index in [-0.39, 0.29) is 49.2 Å². The van der Waals surface area contributed by atoms with Crippen LogP contribution >= 0.6 is 11.6 Å². The Bertz CT molecular complexity index is 1170. The number of carbonyl (C=O) groups is 4. The monoisotopic (exact) mass is 552 g/mol. The van der Waals surface area contributed by atoms with Gasteiger partial charge in [-0.15, -0.1) is 0 Å². The van der Waals surface area contributed by atoms with E-state index in [1.165, 1.54) is 10.5 Å². The molecule has 1 aliphatic carbocycles. The normalized spacial score (nSPS) is 19.0. The smallest absolute Gasteiger partial charge is 0.327 e. The van der Waals surface area contributed by atoms with Gasteiger partial charge in [-0.2, -0.15) is 0 Å². The minimum absolute atomic E-state index is 0.107. The summed E-state index contributed by atoms with van der Waals surface area (Å²) in [6.07, 6.45) is 5.44. The van der Waals surface area contributed by atoms with Crippen LogP contribution in [0.5, 0.6) is 0 Å². The lowest BCUT2D eigenvalue weighted by molar-refractivity contribution is -0.142. The molecule has 4 rings (SSSR count). The predicted octanol–water partition coefficient (Wildman–Crippen LogP) is 4.80. The number of aryl methyl sites for hydroxylation is 1. The highest BCUT2D eigenvalue weighted by Gasteiger charge is 2.47. The van der Waals surface area contributed by atoms with E-state index in [2.05, 4.69) is 17.6 Å². The molecule has 1 saturated heterocycles. The number of carbonyl (C=O) groups excluding carboxylic acids is 4. The summed E-state index contributed by atoms with van der Waals surface area (Å²) >= 11 is 5.91. The summed E-state index contributed by atoms with van der Waals surface area (Å²) in [7, 11) is 0. The number of nitrogens with one attached hydrogen (secondary N) is 2. The quantitative estimate of drug-likeness (QED) is 0.418. The van der Waals surface area contributed by atoms with Gasteiger partial charge in [0.25, 0.3) is 0 Å². The molecular weight excluding hydrogens is 516 g/mol. The minimum atomic E-state index is -0.442. The number of anilines is 1. The molecule has 2 aliphatic rings. The summed E-state index contributed by atoms with van der Waals surface area (Å²) in [5.41, 5.74) is 2.93. The van der Waals surface area contributed by atoms with E-state index < -0.39 is 6.03 Å². The first-order valence-electron chi connectivity index (χ1n) is 13.9. The van der Waals surface area contributed by atoms with Gasteiger partial charge in [0.05, 0.1) is 5.92 Å². The fourth-order valence-electron chi connectivity index (χ4n) is 5.42. The van der Waals surface area contributed by atoms with E-state index in [0.29, 0.717) is 42.9 Å². The van der Waals surface area contributed by atoms with E-state index in [1.54, 1.807) is 4.90 Å². The van der Waals surface area contributed by atoms with Crippen molar-refractivity contribution < 1.29 is 19.2 Å². The predicted molar refractivity (Wildman–Crippen MR) is 151 cm³/mol. The fraction of sp³-hybridized carbons (Fsp3) is 0.467. The number of benzene rings is 2. The molecule has 1 saturated carbocycles. The molecule has 1 heterocycles. The molecule has 2 aromatic carbocycles. The van der Waals surface area contributed by atoms with Crippen molar-refractivity contribution in [1.29, 1.82) is 0 Å². The summed E-state index contributed by atoms with van der Waals surface area (Å²) in [4.78, 5) is 54.7. The van der Waals surface area contributed by atoms with Gasteiger partial charge in [-0.1, -0.05) is 55.6 Å². The van der Waals surface area contributed by atoms with Gasteiger partial charge in [-0.25, -0.2) is 4.79 Å². The number of nitrogens with zero attached hydrogens (tertiary/aromatic N) is 2. The lowest BCUT2D eigenvalue weighted by Crippen LogP contribution is -2.63. The van der Waals surface area contributed by atoms with Crippen LogP contribution in [0.2, 0.25) is 5.02 Å². The van der Waals surface area contributed by atoms with Crippen molar-refractivity contribution >= 4 is 41.0 Å². The van der Waals surface area contributed by atoms with Crippen molar-refractivity contribution in [2.24, 2.45) is 5.92 Å². The number of hydrogen-bond acceptors (Lipinski definition) is 4. The number of imide groups is 1. The molecule has 2 fully saturated rings. The number of fused-ring (bicyclic) bond motifs is 1. The third-order valence-electron chi connectivity index (χ3n) is 7.58. The van der Waals surface area contributed by atoms with Crippen LogP contribution in [0, 0.1) is 5.92 Å². The Hall–Kier alpha value is -3.39. The van der Waals surface area contributed by atoms with E-state index in [0.717, 1.165) is 24.8 Å². The van der Waals surface area contributed by atoms with Gasteiger partial charge >= 0.3 is 6.03 Å². The summed E-state index contributed by atoms with van der Waals surface area (Å²) in [6, 6.07) is 14.4. The Labute approximate surface area is 235 Å². The molecule has 5 amide bonds. The van der Waals surface area contributed by atoms with Crippen LogP contribution in [0.25, 0.3) is 0 Å². The van der Waals surface area contributed by atoms with Crippen LogP contribution in [0.1, 0.15) is 56.6 Å². The third kappa shape index (κ3) is 7.60. The topological polar surface area (TPSA) is 98.8 Å². The van der Waals surface area contributed by atoms with Crippen molar-refractivity contribution in [3.63, 3.8) is 0 Å². The molecule has 2 aromatic rings. The fourth-order valence-corrected chi connectivity index (χ4v) is 5.54. The Morgan fingerprint density at radius 3 is 2.36 bits per heavy atom. The number of halogens is 1. The van der Waals surface area contributed by atoms with Crippen LogP contribution < -0.4 is 10.6 Å². The average molecular weight is 553 g/mol. The van der Waals surface area contributed by atoms with E-state index in [9.17, 15) is 19.2 Å².